The Hall–Kier alpha value is -0.480. The van der Waals surface area contributed by atoms with Gasteiger partial charge < -0.3 is 0 Å². The summed E-state index contributed by atoms with van der Waals surface area (Å²) in [4.78, 5) is 11.8. The average Bonchev–Trinajstić information content (AvgIpc) is 2.75. The van der Waals surface area contributed by atoms with Crippen LogP contribution in [0.3, 0.4) is 0 Å². The molecule has 0 saturated carbocycles. The van der Waals surface area contributed by atoms with Crippen LogP contribution in [0.2, 0.25) is 0 Å². The van der Waals surface area contributed by atoms with Crippen molar-refractivity contribution in [3.05, 3.63) is 27.7 Å². The van der Waals surface area contributed by atoms with Crippen LogP contribution in [0.25, 0.3) is 0 Å². The molecule has 0 aromatic carbocycles. The highest BCUT2D eigenvalue weighted by molar-refractivity contribution is 9.10. The Morgan fingerprint density at radius 3 is 2.86 bits per heavy atom. The maximum atomic E-state index is 11.8. The summed E-state index contributed by atoms with van der Waals surface area (Å²) in [6.45, 7) is 0. The number of Topliss-reactive ketones (excluding diaryl/α,β-unsaturated/α-hetero) is 1. The van der Waals surface area contributed by atoms with Gasteiger partial charge in [0.05, 0.1) is 4.47 Å². The van der Waals surface area contributed by atoms with Crippen molar-refractivity contribution in [2.24, 2.45) is 5.92 Å². The van der Waals surface area contributed by atoms with Crippen LogP contribution in [0.5, 0.6) is 0 Å². The van der Waals surface area contributed by atoms with Crippen molar-refractivity contribution in [2.75, 3.05) is 0 Å². The Kier molecular flexibility index (Phi) is 3.13. The molecule has 2 rings (SSSR count). The van der Waals surface area contributed by atoms with Crippen LogP contribution in [0.1, 0.15) is 29.8 Å². The summed E-state index contributed by atoms with van der Waals surface area (Å²) in [6.07, 6.45) is 6.98. The van der Waals surface area contributed by atoms with Crippen molar-refractivity contribution < 1.29 is 4.79 Å². The van der Waals surface area contributed by atoms with E-state index >= 15 is 0 Å². The van der Waals surface area contributed by atoms with Gasteiger partial charge in [0.1, 0.15) is 5.69 Å². The van der Waals surface area contributed by atoms with E-state index in [1.807, 2.05) is 5.38 Å². The van der Waals surface area contributed by atoms with Crippen LogP contribution >= 0.6 is 27.5 Å². The summed E-state index contributed by atoms with van der Waals surface area (Å²) < 4.78 is 4.91. The monoisotopic (exact) mass is 271 g/mol. The summed E-state index contributed by atoms with van der Waals surface area (Å²) in [6, 6.07) is 0. The molecular weight excluding hydrogens is 262 g/mol. The van der Waals surface area contributed by atoms with Gasteiger partial charge in [-0.05, 0) is 46.2 Å². The lowest BCUT2D eigenvalue weighted by atomic mass is 9.99. The predicted octanol–water partition coefficient (Wildman–Crippen LogP) is 3.44. The first-order valence-corrected chi connectivity index (χ1v) is 6.18. The minimum absolute atomic E-state index is 0.159. The van der Waals surface area contributed by atoms with Gasteiger partial charge in [0.25, 0.3) is 0 Å². The van der Waals surface area contributed by atoms with Crippen LogP contribution in [-0.2, 0) is 0 Å². The smallest absolute Gasteiger partial charge is 0.183 e. The summed E-state index contributed by atoms with van der Waals surface area (Å²) in [5.74, 6) is 0.655. The zero-order valence-electron chi connectivity index (χ0n) is 7.57. The van der Waals surface area contributed by atoms with Crippen molar-refractivity contribution in [3.63, 3.8) is 0 Å². The van der Waals surface area contributed by atoms with Crippen LogP contribution in [0.4, 0.5) is 0 Å². The maximum absolute atomic E-state index is 11.8. The van der Waals surface area contributed by atoms with Gasteiger partial charge in [-0.1, -0.05) is 12.2 Å². The summed E-state index contributed by atoms with van der Waals surface area (Å²) >= 11 is 4.65. The molecule has 0 fully saturated rings. The van der Waals surface area contributed by atoms with Crippen LogP contribution < -0.4 is 0 Å². The second kappa shape index (κ2) is 4.36. The molecule has 0 aliphatic heterocycles. The second-order valence-electron chi connectivity index (χ2n) is 3.45. The predicted molar refractivity (Wildman–Crippen MR) is 60.6 cm³/mol. The normalized spacial score (nSPS) is 16.4. The van der Waals surface area contributed by atoms with Gasteiger partial charge in [-0.15, -0.1) is 0 Å². The number of carbonyl (C=O) groups is 1. The molecule has 0 radical (unpaired) electrons. The number of hydrogen-bond acceptors (Lipinski definition) is 3. The fourth-order valence-electron chi connectivity index (χ4n) is 1.61. The highest BCUT2D eigenvalue weighted by Crippen LogP contribution is 2.25. The van der Waals surface area contributed by atoms with E-state index in [0.29, 0.717) is 18.0 Å². The van der Waals surface area contributed by atoms with Gasteiger partial charge in [0, 0.05) is 11.8 Å². The van der Waals surface area contributed by atoms with Gasteiger partial charge in [-0.3, -0.25) is 4.79 Å². The molecule has 14 heavy (non-hydrogen) atoms. The van der Waals surface area contributed by atoms with Gasteiger partial charge >= 0.3 is 0 Å². The molecule has 1 aromatic rings. The van der Waals surface area contributed by atoms with Crippen LogP contribution in [-0.4, -0.2) is 10.2 Å². The number of nitrogens with zero attached hydrogens (tertiary/aromatic N) is 1. The first-order valence-electron chi connectivity index (χ1n) is 4.55. The highest BCUT2D eigenvalue weighted by Gasteiger charge is 2.19. The molecule has 1 aliphatic carbocycles. The summed E-state index contributed by atoms with van der Waals surface area (Å²) in [5, 5.41) is 1.85. The maximum Gasteiger partial charge on any atom is 0.183 e. The van der Waals surface area contributed by atoms with Crippen molar-refractivity contribution in [2.45, 2.75) is 19.3 Å². The van der Waals surface area contributed by atoms with E-state index < -0.39 is 0 Å². The second-order valence-corrected chi connectivity index (χ2v) is 4.93. The third-order valence-corrected chi connectivity index (χ3v) is 3.91. The van der Waals surface area contributed by atoms with Crippen molar-refractivity contribution >= 4 is 33.2 Å². The number of halogens is 1. The van der Waals surface area contributed by atoms with E-state index in [4.69, 9.17) is 0 Å². The van der Waals surface area contributed by atoms with Gasteiger partial charge in [-0.2, -0.15) is 4.37 Å². The quantitative estimate of drug-likeness (QED) is 0.623. The average molecular weight is 272 g/mol. The lowest BCUT2D eigenvalue weighted by Crippen LogP contribution is -2.06. The van der Waals surface area contributed by atoms with E-state index in [9.17, 15) is 4.79 Å². The van der Waals surface area contributed by atoms with Gasteiger partial charge in [0.15, 0.2) is 5.78 Å². The Labute approximate surface area is 95.3 Å². The van der Waals surface area contributed by atoms with E-state index in [0.717, 1.165) is 17.3 Å². The molecule has 74 valence electrons. The van der Waals surface area contributed by atoms with Crippen LogP contribution in [0.15, 0.2) is 22.0 Å². The molecule has 4 heteroatoms. The molecule has 0 bridgehead atoms. The molecule has 1 aromatic heterocycles. The molecule has 0 N–H and O–H groups in total. The molecule has 2 nitrogen and oxygen atoms in total. The first-order chi connectivity index (χ1) is 6.77. The Morgan fingerprint density at radius 1 is 1.57 bits per heavy atom. The first kappa shape index (κ1) is 10.1. The minimum Gasteiger partial charge on any atom is -0.292 e. The molecule has 0 amide bonds. The molecule has 1 heterocycles. The number of hydrogen-bond donors (Lipinski definition) is 0. The number of rotatable bonds is 3. The number of aromatic nitrogens is 1. The zero-order chi connectivity index (χ0) is 9.97. The van der Waals surface area contributed by atoms with Crippen molar-refractivity contribution in [1.29, 1.82) is 0 Å². The summed E-state index contributed by atoms with van der Waals surface area (Å²) in [5.41, 5.74) is 0.599. The fourth-order valence-corrected chi connectivity index (χ4v) is 2.85. The lowest BCUT2D eigenvalue weighted by molar-refractivity contribution is 0.0959. The van der Waals surface area contributed by atoms with Gasteiger partial charge in [0.2, 0.25) is 0 Å². The lowest BCUT2D eigenvalue weighted by Gasteiger charge is -2.05. The molecular formula is C10H10BrNOS. The topological polar surface area (TPSA) is 30.0 Å². The molecule has 0 atom stereocenters. The number of allylic oxidation sites excluding steroid dienone is 2. The van der Waals surface area contributed by atoms with E-state index in [1.165, 1.54) is 11.5 Å². The third-order valence-electron chi connectivity index (χ3n) is 2.37. The number of ketones is 1. The molecule has 0 saturated heterocycles. The fraction of sp³-hybridized carbons (Fsp3) is 0.400. The number of carbonyl (C=O) groups excluding carboxylic acids is 1. The van der Waals surface area contributed by atoms with Crippen LogP contribution in [0, 0.1) is 5.92 Å². The van der Waals surface area contributed by atoms with E-state index in [2.05, 4.69) is 32.5 Å². The van der Waals surface area contributed by atoms with E-state index in [1.54, 1.807) is 0 Å². The van der Waals surface area contributed by atoms with Gasteiger partial charge in [-0.25, -0.2) is 0 Å². The highest BCUT2D eigenvalue weighted by atomic mass is 79.9. The van der Waals surface area contributed by atoms with Crippen molar-refractivity contribution in [1.82, 2.24) is 4.37 Å². The third kappa shape index (κ3) is 2.12. The molecule has 1 aliphatic rings. The molecule has 0 unspecified atom stereocenters. The van der Waals surface area contributed by atoms with Crippen molar-refractivity contribution in [3.8, 4) is 0 Å². The zero-order valence-corrected chi connectivity index (χ0v) is 9.97. The molecule has 0 spiro atoms. The minimum atomic E-state index is 0.159. The Balaban J connectivity index is 1.99. The summed E-state index contributed by atoms with van der Waals surface area (Å²) in [7, 11) is 0. The van der Waals surface area contributed by atoms with E-state index in [-0.39, 0.29) is 5.78 Å². The Morgan fingerprint density at radius 2 is 2.29 bits per heavy atom. The SMILES string of the molecule is O=C(CC1CC=CC1)c1nscc1Br. The Bertz CT molecular complexity index is 364. The standard InChI is InChI=1S/C10H10BrNOS/c11-8-6-14-12-10(8)9(13)5-7-3-1-2-4-7/h1-2,6-7H,3-5H2. The largest absolute Gasteiger partial charge is 0.292 e.